The Balaban J connectivity index is 2.36. The van der Waals surface area contributed by atoms with Crippen molar-refractivity contribution in [3.05, 3.63) is 40.9 Å². The van der Waals surface area contributed by atoms with Gasteiger partial charge in [-0.3, -0.25) is 0 Å². The van der Waals surface area contributed by atoms with Crippen LogP contribution >= 0.6 is 11.3 Å². The molecule has 1 heterocycles. The van der Waals surface area contributed by atoms with Crippen LogP contribution in [0.3, 0.4) is 0 Å². The number of hydrogen-bond donors (Lipinski definition) is 0. The predicted molar refractivity (Wildman–Crippen MR) is 63.0 cm³/mol. The van der Waals surface area contributed by atoms with Gasteiger partial charge in [0, 0.05) is 10.9 Å². The molecule has 99 valence electrons. The lowest BCUT2D eigenvalue weighted by Crippen LogP contribution is -2.06. The fraction of sp³-hybridized carbons (Fsp3) is 0.167. The first kappa shape index (κ1) is 13.5. The number of carbonyl (C=O) groups excluding carboxylic acids is 1. The summed E-state index contributed by atoms with van der Waals surface area (Å²) >= 11 is 1.06. The van der Waals surface area contributed by atoms with Crippen molar-refractivity contribution < 1.29 is 22.7 Å². The van der Waals surface area contributed by atoms with Gasteiger partial charge in [0.1, 0.15) is 11.6 Å². The molecule has 0 bridgehead atoms. The zero-order valence-corrected chi connectivity index (χ0v) is 10.2. The molecule has 0 spiro atoms. The van der Waals surface area contributed by atoms with Gasteiger partial charge in [-0.05, 0) is 6.07 Å². The highest BCUT2D eigenvalue weighted by Gasteiger charge is 2.33. The van der Waals surface area contributed by atoms with E-state index in [-0.39, 0.29) is 17.2 Å². The Labute approximate surface area is 110 Å². The largest absolute Gasteiger partial charge is 0.451 e. The third kappa shape index (κ3) is 3.11. The number of ether oxygens (including phenoxy) is 1. The molecule has 2 rings (SSSR count). The van der Waals surface area contributed by atoms with E-state index < -0.39 is 11.7 Å². The quantitative estimate of drug-likeness (QED) is 0.864. The number of hydrogen-bond acceptors (Lipinski definition) is 4. The fourth-order valence-electron chi connectivity index (χ4n) is 1.52. The lowest BCUT2D eigenvalue weighted by Gasteiger charge is -2.10. The molecular formula is C12H7F3NO2S. The van der Waals surface area contributed by atoms with Gasteiger partial charge in [-0.25, -0.2) is 9.78 Å². The summed E-state index contributed by atoms with van der Waals surface area (Å²) in [6.07, 6.45) is -4.44. The van der Waals surface area contributed by atoms with E-state index in [1.807, 2.05) is 0 Å². The molecule has 0 unspecified atom stereocenters. The maximum Gasteiger partial charge on any atom is 0.417 e. The van der Waals surface area contributed by atoms with Crippen LogP contribution in [0.4, 0.5) is 13.2 Å². The summed E-state index contributed by atoms with van der Waals surface area (Å²) in [6.45, 7) is 1.13. The normalized spacial score (nSPS) is 11.3. The van der Waals surface area contributed by atoms with Crippen molar-refractivity contribution in [2.75, 3.05) is 0 Å². The van der Waals surface area contributed by atoms with Crippen molar-refractivity contribution >= 4 is 17.8 Å². The van der Waals surface area contributed by atoms with E-state index in [1.54, 1.807) is 5.38 Å². The van der Waals surface area contributed by atoms with Gasteiger partial charge in [-0.15, -0.1) is 11.3 Å². The Morgan fingerprint density at radius 3 is 2.74 bits per heavy atom. The Kier molecular flexibility index (Phi) is 3.84. The Bertz CT molecular complexity index is 580. The van der Waals surface area contributed by atoms with Crippen LogP contribution in [0.5, 0.6) is 0 Å². The van der Waals surface area contributed by atoms with E-state index in [1.165, 1.54) is 24.7 Å². The predicted octanol–water partition coefficient (Wildman–Crippen LogP) is 3.41. The third-order valence-corrected chi connectivity index (χ3v) is 3.22. The van der Waals surface area contributed by atoms with Crippen LogP contribution in [-0.4, -0.2) is 11.5 Å². The van der Waals surface area contributed by atoms with Gasteiger partial charge >= 0.3 is 12.6 Å². The van der Waals surface area contributed by atoms with Gasteiger partial charge in [-0.2, -0.15) is 13.2 Å². The molecule has 3 nitrogen and oxygen atoms in total. The van der Waals surface area contributed by atoms with Gasteiger partial charge in [0.15, 0.2) is 0 Å². The van der Waals surface area contributed by atoms with Gasteiger partial charge < -0.3 is 4.74 Å². The highest BCUT2D eigenvalue weighted by atomic mass is 32.1. The lowest BCUT2D eigenvalue weighted by molar-refractivity contribution is -0.137. The van der Waals surface area contributed by atoms with Crippen LogP contribution in [0.2, 0.25) is 0 Å². The minimum Gasteiger partial charge on any atom is -0.451 e. The monoisotopic (exact) mass is 286 g/mol. The highest BCUT2D eigenvalue weighted by Crippen LogP contribution is 2.37. The number of nitrogens with zero attached hydrogens (tertiary/aromatic N) is 1. The molecule has 0 saturated heterocycles. The zero-order valence-electron chi connectivity index (χ0n) is 9.40. The first-order valence-corrected chi connectivity index (χ1v) is 6.00. The second-order valence-corrected chi connectivity index (χ2v) is 4.42. The molecule has 1 radical (unpaired) electrons. The fourth-order valence-corrected chi connectivity index (χ4v) is 2.36. The molecule has 7 heteroatoms. The number of halogens is 3. The summed E-state index contributed by atoms with van der Waals surface area (Å²) in [4.78, 5) is 13.9. The Hall–Kier alpha value is -1.89. The molecule has 19 heavy (non-hydrogen) atoms. The topological polar surface area (TPSA) is 39.2 Å². The Morgan fingerprint density at radius 2 is 2.05 bits per heavy atom. The van der Waals surface area contributed by atoms with Crippen molar-refractivity contribution in [1.82, 2.24) is 4.98 Å². The maximum atomic E-state index is 12.8. The van der Waals surface area contributed by atoms with Crippen molar-refractivity contribution in [2.45, 2.75) is 12.8 Å². The van der Waals surface area contributed by atoms with Crippen molar-refractivity contribution in [3.63, 3.8) is 0 Å². The average molecular weight is 286 g/mol. The zero-order chi connectivity index (χ0) is 13.9. The van der Waals surface area contributed by atoms with Gasteiger partial charge in [0.05, 0.1) is 11.3 Å². The van der Waals surface area contributed by atoms with Crippen LogP contribution in [-0.2, 0) is 22.3 Å². The lowest BCUT2D eigenvalue weighted by atomic mass is 10.1. The van der Waals surface area contributed by atoms with Crippen molar-refractivity contribution in [2.24, 2.45) is 0 Å². The van der Waals surface area contributed by atoms with Gasteiger partial charge in [-0.1, -0.05) is 18.2 Å². The summed E-state index contributed by atoms with van der Waals surface area (Å²) in [5.74, 6) is 0. The number of thiazole rings is 1. The smallest absolute Gasteiger partial charge is 0.417 e. The SMILES string of the molecule is O=[C]OCc1csc(-c2ccccc2C(F)(F)F)n1. The molecule has 0 aliphatic carbocycles. The molecule has 0 atom stereocenters. The van der Waals surface area contributed by atoms with Crippen LogP contribution in [0, 0.1) is 0 Å². The standard InChI is InChI=1S/C12H7F3NO2S/c13-12(14,15)10-4-2-1-3-9(10)11-16-8(6-19-11)5-18-7-17/h1-4,6H,5H2. The van der Waals surface area contributed by atoms with Crippen molar-refractivity contribution in [3.8, 4) is 10.6 Å². The summed E-state index contributed by atoms with van der Waals surface area (Å²) in [7, 11) is 0. The van der Waals surface area contributed by atoms with Gasteiger partial charge in [0.2, 0.25) is 0 Å². The summed E-state index contributed by atoms with van der Waals surface area (Å²) in [6, 6.07) is 5.21. The minimum absolute atomic E-state index is 0.0151. The molecule has 0 aliphatic rings. The first-order valence-electron chi connectivity index (χ1n) is 5.12. The molecule has 1 aromatic carbocycles. The maximum absolute atomic E-state index is 12.8. The molecule has 0 fully saturated rings. The highest BCUT2D eigenvalue weighted by molar-refractivity contribution is 7.13. The summed E-state index contributed by atoms with van der Waals surface area (Å²) < 4.78 is 42.9. The van der Waals surface area contributed by atoms with E-state index in [0.717, 1.165) is 17.4 Å². The molecule has 2 aromatic rings. The number of benzene rings is 1. The summed E-state index contributed by atoms with van der Waals surface area (Å²) in [5, 5.41) is 1.78. The molecule has 1 aromatic heterocycles. The third-order valence-electron chi connectivity index (χ3n) is 2.29. The number of rotatable bonds is 4. The number of alkyl halides is 3. The van der Waals surface area contributed by atoms with E-state index in [2.05, 4.69) is 9.72 Å². The molecule has 0 amide bonds. The molecule has 0 N–H and O–H groups in total. The Morgan fingerprint density at radius 1 is 1.32 bits per heavy atom. The van der Waals surface area contributed by atoms with E-state index in [4.69, 9.17) is 0 Å². The van der Waals surface area contributed by atoms with Crippen LogP contribution < -0.4 is 0 Å². The molecule has 0 saturated carbocycles. The van der Waals surface area contributed by atoms with E-state index in [9.17, 15) is 18.0 Å². The van der Waals surface area contributed by atoms with Crippen LogP contribution in [0.25, 0.3) is 10.6 Å². The number of aromatic nitrogens is 1. The van der Waals surface area contributed by atoms with Gasteiger partial charge in [0.25, 0.3) is 0 Å². The van der Waals surface area contributed by atoms with Crippen molar-refractivity contribution in [1.29, 1.82) is 0 Å². The average Bonchev–Trinajstić information content (AvgIpc) is 2.84. The van der Waals surface area contributed by atoms with E-state index >= 15 is 0 Å². The first-order chi connectivity index (χ1) is 9.02. The molecular weight excluding hydrogens is 279 g/mol. The van der Waals surface area contributed by atoms with E-state index in [0.29, 0.717) is 5.69 Å². The van der Waals surface area contributed by atoms with Crippen LogP contribution in [0.1, 0.15) is 11.3 Å². The van der Waals surface area contributed by atoms with Crippen LogP contribution in [0.15, 0.2) is 29.6 Å². The second kappa shape index (κ2) is 5.40. The molecule has 0 aliphatic heterocycles. The summed E-state index contributed by atoms with van der Waals surface area (Å²) in [5.41, 5.74) is -0.333. The second-order valence-electron chi connectivity index (χ2n) is 3.56. The minimum atomic E-state index is -4.44.